The van der Waals surface area contributed by atoms with Crippen LogP contribution >= 0.6 is 0 Å². The molecule has 3 nitrogen and oxygen atoms in total. The second kappa shape index (κ2) is 12.9. The molecule has 0 aliphatic heterocycles. The van der Waals surface area contributed by atoms with Gasteiger partial charge in [-0.3, -0.25) is 0 Å². The van der Waals surface area contributed by atoms with E-state index in [0.29, 0.717) is 12.2 Å². The second-order valence-corrected chi connectivity index (χ2v) is 7.71. The number of aliphatic hydroxyl groups is 1. The van der Waals surface area contributed by atoms with Crippen LogP contribution in [0.15, 0.2) is 0 Å². The largest absolute Gasteiger partial charge is 0.396 e. The Bertz CT molecular complexity index is 273. The SMILES string of the molecule is CCCCCCCCCCCCS(=O)(=O)CCCO. The lowest BCUT2D eigenvalue weighted by Gasteiger charge is -2.04. The average molecular weight is 292 g/mol. The Labute approximate surface area is 119 Å². The van der Waals surface area contributed by atoms with Crippen LogP contribution in [0.1, 0.15) is 77.6 Å². The zero-order valence-corrected chi connectivity index (χ0v) is 13.4. The van der Waals surface area contributed by atoms with Gasteiger partial charge in [-0.15, -0.1) is 0 Å². The van der Waals surface area contributed by atoms with E-state index in [1.807, 2.05) is 0 Å². The van der Waals surface area contributed by atoms with E-state index < -0.39 is 9.84 Å². The van der Waals surface area contributed by atoms with Crippen molar-refractivity contribution in [3.05, 3.63) is 0 Å². The first kappa shape index (κ1) is 18.9. The summed E-state index contributed by atoms with van der Waals surface area (Å²) in [5.41, 5.74) is 0. The molecule has 0 aliphatic rings. The molecular formula is C15H32O3S. The standard InChI is InChI=1S/C15H32O3S/c1-2-3-4-5-6-7-8-9-10-11-14-19(17,18)15-12-13-16/h16H,2-15H2,1H3. The van der Waals surface area contributed by atoms with Crippen molar-refractivity contribution in [3.63, 3.8) is 0 Å². The van der Waals surface area contributed by atoms with Gasteiger partial charge in [-0.05, 0) is 12.8 Å². The molecule has 19 heavy (non-hydrogen) atoms. The summed E-state index contributed by atoms with van der Waals surface area (Å²) in [6.07, 6.45) is 12.6. The summed E-state index contributed by atoms with van der Waals surface area (Å²) >= 11 is 0. The van der Waals surface area contributed by atoms with Gasteiger partial charge in [0.25, 0.3) is 0 Å². The molecule has 0 aliphatic carbocycles. The number of hydrogen-bond donors (Lipinski definition) is 1. The predicted octanol–water partition coefficient (Wildman–Crippen LogP) is 3.70. The maximum atomic E-state index is 11.5. The van der Waals surface area contributed by atoms with Crippen LogP contribution in [0.4, 0.5) is 0 Å². The van der Waals surface area contributed by atoms with Crippen molar-refractivity contribution in [1.29, 1.82) is 0 Å². The average Bonchev–Trinajstić information content (AvgIpc) is 2.38. The molecule has 4 heteroatoms. The number of aliphatic hydroxyl groups excluding tert-OH is 1. The lowest BCUT2D eigenvalue weighted by atomic mass is 10.1. The second-order valence-electron chi connectivity index (χ2n) is 5.41. The molecule has 0 aromatic heterocycles. The van der Waals surface area contributed by atoms with Crippen molar-refractivity contribution < 1.29 is 13.5 Å². The minimum Gasteiger partial charge on any atom is -0.396 e. The van der Waals surface area contributed by atoms with Gasteiger partial charge in [-0.25, -0.2) is 8.42 Å². The summed E-state index contributed by atoms with van der Waals surface area (Å²) in [5.74, 6) is 0.435. The molecule has 0 atom stereocenters. The van der Waals surface area contributed by atoms with Gasteiger partial charge in [0.15, 0.2) is 0 Å². The Kier molecular flexibility index (Phi) is 12.9. The van der Waals surface area contributed by atoms with Crippen LogP contribution in [0.25, 0.3) is 0 Å². The van der Waals surface area contributed by atoms with E-state index in [2.05, 4.69) is 6.92 Å². The van der Waals surface area contributed by atoms with E-state index in [-0.39, 0.29) is 12.4 Å². The maximum absolute atomic E-state index is 11.5. The van der Waals surface area contributed by atoms with Crippen LogP contribution in [-0.4, -0.2) is 31.6 Å². The molecule has 0 aromatic carbocycles. The normalized spacial score (nSPS) is 11.9. The first-order chi connectivity index (χ1) is 9.12. The zero-order chi connectivity index (χ0) is 14.4. The van der Waals surface area contributed by atoms with E-state index in [1.165, 1.54) is 44.9 Å². The summed E-state index contributed by atoms with van der Waals surface area (Å²) in [4.78, 5) is 0. The molecule has 0 amide bonds. The third kappa shape index (κ3) is 14.1. The molecule has 0 saturated heterocycles. The fourth-order valence-corrected chi connectivity index (χ4v) is 3.61. The first-order valence-electron chi connectivity index (χ1n) is 7.93. The topological polar surface area (TPSA) is 54.4 Å². The minimum atomic E-state index is -2.91. The van der Waals surface area contributed by atoms with E-state index in [1.54, 1.807) is 0 Å². The summed E-state index contributed by atoms with van der Waals surface area (Å²) in [6, 6.07) is 0. The lowest BCUT2D eigenvalue weighted by molar-refractivity contribution is 0.295. The highest BCUT2D eigenvalue weighted by Gasteiger charge is 2.09. The summed E-state index contributed by atoms with van der Waals surface area (Å²) in [6.45, 7) is 2.20. The van der Waals surface area contributed by atoms with E-state index in [9.17, 15) is 8.42 Å². The number of sulfone groups is 1. The van der Waals surface area contributed by atoms with Crippen molar-refractivity contribution >= 4 is 9.84 Å². The molecule has 1 N–H and O–H groups in total. The minimum absolute atomic E-state index is 0.0305. The summed E-state index contributed by atoms with van der Waals surface area (Å²) in [7, 11) is -2.91. The van der Waals surface area contributed by atoms with Gasteiger partial charge in [0, 0.05) is 6.61 Å². The predicted molar refractivity (Wildman–Crippen MR) is 82.2 cm³/mol. The van der Waals surface area contributed by atoms with Crippen LogP contribution in [0.5, 0.6) is 0 Å². The number of hydrogen-bond acceptors (Lipinski definition) is 3. The third-order valence-electron chi connectivity index (χ3n) is 3.42. The summed E-state index contributed by atoms with van der Waals surface area (Å²) < 4.78 is 23.0. The first-order valence-corrected chi connectivity index (χ1v) is 9.76. The zero-order valence-electron chi connectivity index (χ0n) is 12.6. The van der Waals surface area contributed by atoms with Crippen molar-refractivity contribution in [2.45, 2.75) is 77.6 Å². The van der Waals surface area contributed by atoms with Crippen LogP contribution in [-0.2, 0) is 9.84 Å². The Morgan fingerprint density at radius 2 is 1.11 bits per heavy atom. The van der Waals surface area contributed by atoms with Gasteiger partial charge in [0.05, 0.1) is 11.5 Å². The van der Waals surface area contributed by atoms with E-state index in [0.717, 1.165) is 19.3 Å². The van der Waals surface area contributed by atoms with Crippen LogP contribution in [0.2, 0.25) is 0 Å². The van der Waals surface area contributed by atoms with Crippen molar-refractivity contribution in [2.24, 2.45) is 0 Å². The molecule has 0 fully saturated rings. The maximum Gasteiger partial charge on any atom is 0.150 e. The van der Waals surface area contributed by atoms with Crippen LogP contribution in [0.3, 0.4) is 0 Å². The van der Waals surface area contributed by atoms with Gasteiger partial charge < -0.3 is 5.11 Å². The van der Waals surface area contributed by atoms with Gasteiger partial charge in [0.1, 0.15) is 9.84 Å². The highest BCUT2D eigenvalue weighted by atomic mass is 32.2. The molecule has 0 bridgehead atoms. The smallest absolute Gasteiger partial charge is 0.150 e. The molecule has 0 heterocycles. The van der Waals surface area contributed by atoms with Crippen molar-refractivity contribution in [2.75, 3.05) is 18.1 Å². The molecule has 116 valence electrons. The molecule has 0 unspecified atom stereocenters. The van der Waals surface area contributed by atoms with Gasteiger partial charge in [-0.2, -0.15) is 0 Å². The lowest BCUT2D eigenvalue weighted by Crippen LogP contribution is -2.12. The Balaban J connectivity index is 3.26. The number of rotatable bonds is 14. The highest BCUT2D eigenvalue weighted by Crippen LogP contribution is 2.11. The molecule has 0 aromatic rings. The number of unbranched alkanes of at least 4 members (excludes halogenated alkanes) is 9. The van der Waals surface area contributed by atoms with E-state index >= 15 is 0 Å². The monoisotopic (exact) mass is 292 g/mol. The quantitative estimate of drug-likeness (QED) is 0.497. The molecule has 0 saturated carbocycles. The van der Waals surface area contributed by atoms with Gasteiger partial charge in [0.2, 0.25) is 0 Å². The Hall–Kier alpha value is -0.0900. The molecule has 0 spiro atoms. The molecule has 0 radical (unpaired) electrons. The molecule has 0 rings (SSSR count). The van der Waals surface area contributed by atoms with Crippen molar-refractivity contribution in [3.8, 4) is 0 Å². The fourth-order valence-electron chi connectivity index (χ4n) is 2.20. The van der Waals surface area contributed by atoms with Crippen LogP contribution in [0, 0.1) is 0 Å². The summed E-state index contributed by atoms with van der Waals surface area (Å²) in [5, 5.41) is 8.61. The Morgan fingerprint density at radius 1 is 0.684 bits per heavy atom. The van der Waals surface area contributed by atoms with E-state index in [4.69, 9.17) is 5.11 Å². The van der Waals surface area contributed by atoms with Crippen LogP contribution < -0.4 is 0 Å². The highest BCUT2D eigenvalue weighted by molar-refractivity contribution is 7.91. The van der Waals surface area contributed by atoms with Gasteiger partial charge >= 0.3 is 0 Å². The third-order valence-corrected chi connectivity index (χ3v) is 5.24. The fraction of sp³-hybridized carbons (Fsp3) is 1.00. The molecular weight excluding hydrogens is 260 g/mol. The Morgan fingerprint density at radius 3 is 1.58 bits per heavy atom. The van der Waals surface area contributed by atoms with Crippen molar-refractivity contribution in [1.82, 2.24) is 0 Å². The van der Waals surface area contributed by atoms with Gasteiger partial charge in [-0.1, -0.05) is 64.7 Å².